The van der Waals surface area contributed by atoms with E-state index in [1.165, 1.54) is 12.3 Å². The lowest BCUT2D eigenvalue weighted by atomic mass is 9.82. The number of hydrogen-bond acceptors (Lipinski definition) is 7. The molecule has 12 heteroatoms. The lowest BCUT2D eigenvalue weighted by Crippen LogP contribution is -2.70. The van der Waals surface area contributed by atoms with E-state index in [1.54, 1.807) is 37.3 Å². The average molecular weight is 540 g/mol. The number of benzene rings is 2. The molecule has 38 heavy (non-hydrogen) atoms. The number of aromatic nitrogens is 1. The van der Waals surface area contributed by atoms with Crippen LogP contribution in [0.15, 0.2) is 77.8 Å². The first kappa shape index (κ1) is 26.7. The fourth-order valence-corrected chi connectivity index (χ4v) is 5.42. The van der Waals surface area contributed by atoms with Gasteiger partial charge in [0.15, 0.2) is 0 Å². The predicted octanol–water partition coefficient (Wildman–Crippen LogP) is 2.49. The summed E-state index contributed by atoms with van der Waals surface area (Å²) in [5.74, 6) is -3.07. The van der Waals surface area contributed by atoms with Crippen molar-refractivity contribution in [2.75, 3.05) is 12.8 Å². The Morgan fingerprint density at radius 3 is 2.42 bits per heavy atom. The van der Waals surface area contributed by atoms with Crippen molar-refractivity contribution in [1.29, 1.82) is 0 Å². The van der Waals surface area contributed by atoms with Crippen LogP contribution in [-0.4, -0.2) is 53.5 Å². The van der Waals surface area contributed by atoms with Gasteiger partial charge in [-0.3, -0.25) is 14.5 Å². The van der Waals surface area contributed by atoms with Gasteiger partial charge in [0.25, 0.3) is 15.9 Å². The molecule has 2 heterocycles. The van der Waals surface area contributed by atoms with Gasteiger partial charge < -0.3 is 11.1 Å². The van der Waals surface area contributed by atoms with Crippen LogP contribution in [0.4, 0.5) is 15.0 Å². The first-order chi connectivity index (χ1) is 18.0. The average Bonchev–Trinajstić information content (AvgIpc) is 2.90. The molecule has 1 aromatic heterocycles. The van der Waals surface area contributed by atoms with E-state index >= 15 is 0 Å². The molecule has 0 unspecified atom stereocenters. The number of hydrogen-bond donors (Lipinski definition) is 2. The molecule has 4 rings (SSSR count). The minimum Gasteiger partial charge on any atom is -0.384 e. The van der Waals surface area contributed by atoms with Gasteiger partial charge in [-0.05, 0) is 60.9 Å². The third kappa shape index (κ3) is 5.21. The number of amides is 4. The van der Waals surface area contributed by atoms with Gasteiger partial charge in [0.2, 0.25) is 5.91 Å². The molecular formula is C26H26FN5O5S. The number of imide groups is 1. The summed E-state index contributed by atoms with van der Waals surface area (Å²) in [4.78, 5) is 44.2. The van der Waals surface area contributed by atoms with Gasteiger partial charge in [0, 0.05) is 13.2 Å². The van der Waals surface area contributed by atoms with Crippen LogP contribution < -0.4 is 11.1 Å². The van der Waals surface area contributed by atoms with Crippen molar-refractivity contribution >= 4 is 33.7 Å². The zero-order chi connectivity index (χ0) is 27.6. The summed E-state index contributed by atoms with van der Waals surface area (Å²) in [5.41, 5.74) is 7.10. The van der Waals surface area contributed by atoms with E-state index in [9.17, 15) is 27.2 Å². The van der Waals surface area contributed by atoms with Crippen molar-refractivity contribution in [1.82, 2.24) is 19.5 Å². The van der Waals surface area contributed by atoms with Gasteiger partial charge in [-0.2, -0.15) is 0 Å². The maximum absolute atomic E-state index is 13.6. The summed E-state index contributed by atoms with van der Waals surface area (Å²) >= 11 is 0. The van der Waals surface area contributed by atoms with E-state index in [2.05, 4.69) is 10.3 Å². The number of nitrogens with zero attached hydrogens (tertiary/aromatic N) is 3. The standard InChI is InChI=1S/C26H26FN5O5S/c1-16(18-6-4-3-5-7-18)30-26(35)32-23(21(24(32)33)14-17-12-13-29-22(28)15-17)25(34)31(2)38(36,37)20-10-8-19(27)9-11-20/h3-13,15-16,21,23H,14H2,1-2H3,(H2,28,29)(H,30,35)/t16-,21-,23+/m1/s1. The molecule has 0 spiro atoms. The van der Waals surface area contributed by atoms with Crippen molar-refractivity contribution in [3.8, 4) is 0 Å². The topological polar surface area (TPSA) is 143 Å². The molecule has 1 aliphatic heterocycles. The van der Waals surface area contributed by atoms with E-state index < -0.39 is 51.7 Å². The summed E-state index contributed by atoms with van der Waals surface area (Å²) < 4.78 is 40.1. The van der Waals surface area contributed by atoms with Gasteiger partial charge in [-0.15, -0.1) is 0 Å². The molecule has 1 saturated heterocycles. The molecular weight excluding hydrogens is 513 g/mol. The van der Waals surface area contributed by atoms with Crippen LogP contribution in [0.3, 0.4) is 0 Å². The maximum atomic E-state index is 13.6. The maximum Gasteiger partial charge on any atom is 0.325 e. The Hall–Kier alpha value is -4.32. The van der Waals surface area contributed by atoms with Crippen LogP contribution >= 0.6 is 0 Å². The number of likely N-dealkylation sites (N-methyl/N-ethyl adjacent to an activating group) is 1. The van der Waals surface area contributed by atoms with Gasteiger partial charge in [-0.1, -0.05) is 30.3 Å². The van der Waals surface area contributed by atoms with Gasteiger partial charge in [0.05, 0.1) is 16.9 Å². The Morgan fingerprint density at radius 1 is 1.13 bits per heavy atom. The van der Waals surface area contributed by atoms with E-state index in [-0.39, 0.29) is 17.1 Å². The molecule has 198 valence electrons. The highest BCUT2D eigenvalue weighted by molar-refractivity contribution is 7.89. The lowest BCUT2D eigenvalue weighted by molar-refractivity contribution is -0.159. The number of β-lactam (4-membered cyclic amide) rings is 1. The van der Waals surface area contributed by atoms with Gasteiger partial charge in [0.1, 0.15) is 17.7 Å². The number of halogens is 1. The minimum atomic E-state index is -4.39. The SMILES string of the molecule is C[C@@H](NC(=O)N1C(=O)[C@H](Cc2ccnc(N)c2)[C@H]1C(=O)N(C)S(=O)(=O)c1ccc(F)cc1)c1ccccc1. The van der Waals surface area contributed by atoms with E-state index in [1.807, 2.05) is 6.07 Å². The van der Waals surface area contributed by atoms with Crippen LogP contribution in [-0.2, 0) is 26.0 Å². The van der Waals surface area contributed by atoms with Crippen LogP contribution in [0.5, 0.6) is 0 Å². The Balaban J connectivity index is 1.63. The molecule has 2 aromatic carbocycles. The quantitative estimate of drug-likeness (QED) is 0.439. The molecule has 1 fully saturated rings. The first-order valence-electron chi connectivity index (χ1n) is 11.7. The molecule has 0 bridgehead atoms. The molecule has 0 aliphatic carbocycles. The Labute approximate surface area is 219 Å². The number of sulfonamides is 1. The number of carbonyl (C=O) groups excluding carboxylic acids is 3. The number of nitrogens with two attached hydrogens (primary N) is 1. The molecule has 3 atom stereocenters. The van der Waals surface area contributed by atoms with Crippen molar-refractivity contribution < 1.29 is 27.2 Å². The molecule has 3 aromatic rings. The fraction of sp³-hybridized carbons (Fsp3) is 0.231. The number of carbonyl (C=O) groups is 3. The Bertz CT molecular complexity index is 1470. The highest BCUT2D eigenvalue weighted by Crippen LogP contribution is 2.33. The van der Waals surface area contributed by atoms with Crippen LogP contribution in [0.25, 0.3) is 0 Å². The second kappa shape index (κ2) is 10.6. The monoisotopic (exact) mass is 539 g/mol. The summed E-state index contributed by atoms with van der Waals surface area (Å²) in [6, 6.07) is 13.4. The smallest absolute Gasteiger partial charge is 0.325 e. The third-order valence-electron chi connectivity index (χ3n) is 6.41. The highest BCUT2D eigenvalue weighted by atomic mass is 32.2. The lowest BCUT2D eigenvalue weighted by Gasteiger charge is -2.45. The molecule has 4 amide bonds. The Kier molecular flexibility index (Phi) is 7.44. The van der Waals surface area contributed by atoms with Gasteiger partial charge >= 0.3 is 6.03 Å². The molecule has 1 aliphatic rings. The van der Waals surface area contributed by atoms with E-state index in [0.717, 1.165) is 41.8 Å². The van der Waals surface area contributed by atoms with Gasteiger partial charge in [-0.25, -0.2) is 26.9 Å². The fourth-order valence-electron chi connectivity index (χ4n) is 4.28. The highest BCUT2D eigenvalue weighted by Gasteiger charge is 2.56. The number of pyridine rings is 1. The Morgan fingerprint density at radius 2 is 1.79 bits per heavy atom. The zero-order valence-electron chi connectivity index (χ0n) is 20.6. The predicted molar refractivity (Wildman–Crippen MR) is 136 cm³/mol. The minimum absolute atomic E-state index is 0.0322. The largest absolute Gasteiger partial charge is 0.384 e. The number of nitrogen functional groups attached to an aromatic ring is 1. The van der Waals surface area contributed by atoms with Crippen LogP contribution in [0.1, 0.15) is 24.1 Å². The second-order valence-corrected chi connectivity index (χ2v) is 10.9. The number of likely N-dealkylation sites (tertiary alicyclic amines) is 1. The number of urea groups is 1. The third-order valence-corrected chi connectivity index (χ3v) is 8.18. The number of anilines is 1. The van der Waals surface area contributed by atoms with Crippen molar-refractivity contribution in [2.45, 2.75) is 30.3 Å². The molecule has 0 radical (unpaired) electrons. The van der Waals surface area contributed by atoms with E-state index in [0.29, 0.717) is 9.87 Å². The second-order valence-electron chi connectivity index (χ2n) is 8.90. The molecule has 0 saturated carbocycles. The molecule has 3 N–H and O–H groups in total. The summed E-state index contributed by atoms with van der Waals surface area (Å²) in [6.45, 7) is 1.72. The summed E-state index contributed by atoms with van der Waals surface area (Å²) in [5, 5.41) is 2.70. The summed E-state index contributed by atoms with van der Waals surface area (Å²) in [7, 11) is -3.36. The summed E-state index contributed by atoms with van der Waals surface area (Å²) in [6.07, 6.45) is 1.48. The van der Waals surface area contributed by atoms with Crippen LogP contribution in [0, 0.1) is 11.7 Å². The zero-order valence-corrected chi connectivity index (χ0v) is 21.4. The normalized spacial score (nSPS) is 17.9. The van der Waals surface area contributed by atoms with Crippen molar-refractivity contribution in [2.24, 2.45) is 5.92 Å². The van der Waals surface area contributed by atoms with Crippen molar-refractivity contribution in [3.05, 3.63) is 89.9 Å². The van der Waals surface area contributed by atoms with Crippen LogP contribution in [0.2, 0.25) is 0 Å². The number of nitrogens with one attached hydrogen (secondary N) is 1. The first-order valence-corrected chi connectivity index (χ1v) is 13.1. The number of rotatable bonds is 7. The molecule has 10 nitrogen and oxygen atoms in total. The van der Waals surface area contributed by atoms with E-state index in [4.69, 9.17) is 5.73 Å². The van der Waals surface area contributed by atoms with Crippen molar-refractivity contribution in [3.63, 3.8) is 0 Å².